The summed E-state index contributed by atoms with van der Waals surface area (Å²) in [7, 11) is 0. The lowest BCUT2D eigenvalue weighted by molar-refractivity contribution is 0.0366. The highest BCUT2D eigenvalue weighted by Crippen LogP contribution is 2.46. The van der Waals surface area contributed by atoms with E-state index in [4.69, 9.17) is 21.1 Å². The molecule has 1 saturated carbocycles. The van der Waals surface area contributed by atoms with Gasteiger partial charge in [-0.05, 0) is 91.8 Å². The van der Waals surface area contributed by atoms with E-state index in [2.05, 4.69) is 32.1 Å². The zero-order chi connectivity index (χ0) is 28.0. The zero-order valence-electron chi connectivity index (χ0n) is 23.3. The molecule has 2 bridgehead atoms. The van der Waals surface area contributed by atoms with Gasteiger partial charge in [-0.2, -0.15) is 0 Å². The number of amides is 1. The first-order valence-corrected chi connectivity index (χ1v) is 16.1. The number of nitrogens with zero attached hydrogens (tertiary/aromatic N) is 2. The number of ether oxygens (including phenoxy) is 2. The second-order valence-corrected chi connectivity index (χ2v) is 13.6. The standard InChI is InChI=1S/C32H38ClN3O4S/c33-24-8-10-27-21(15-24)3-2-12-32(27)19-35-17-23-6-9-26(23)29(37)5-1-4-25-18-39-14-13-36(25)41-34-31(38)22-7-11-30(40-20-32)28(35)16-22/h1,5,7-8,10-11,15-16,23,25-26,29,37H,2-4,6,9,12-14,17-20H2,(H,34,38)/b5-1-/t23-,25+,26+,29-,32-/m0/s1. The van der Waals surface area contributed by atoms with Crippen molar-refractivity contribution in [1.29, 1.82) is 0 Å². The third-order valence-electron chi connectivity index (χ3n) is 9.84. The van der Waals surface area contributed by atoms with Crippen molar-refractivity contribution in [3.8, 4) is 5.75 Å². The molecule has 7 rings (SSSR count). The number of carbonyl (C=O) groups excluding carboxylic acids is 1. The number of benzene rings is 2. The number of anilines is 1. The van der Waals surface area contributed by atoms with Crippen LogP contribution < -0.4 is 14.4 Å². The molecular formula is C32H38ClN3O4S. The molecule has 0 radical (unpaired) electrons. The van der Waals surface area contributed by atoms with Crippen molar-refractivity contribution in [3.63, 3.8) is 0 Å². The van der Waals surface area contributed by atoms with E-state index in [1.54, 1.807) is 0 Å². The molecule has 1 saturated heterocycles. The Labute approximate surface area is 251 Å². The quantitative estimate of drug-likeness (QED) is 0.322. The maximum atomic E-state index is 13.4. The number of rotatable bonds is 0. The Morgan fingerprint density at radius 1 is 1.17 bits per heavy atom. The number of carbonyl (C=O) groups is 1. The third kappa shape index (κ3) is 5.38. The number of morpholine rings is 1. The van der Waals surface area contributed by atoms with Crippen LogP contribution in [0.15, 0.2) is 48.6 Å². The Bertz CT molecular complexity index is 1340. The first-order chi connectivity index (χ1) is 20.0. The highest BCUT2D eigenvalue weighted by molar-refractivity contribution is 7.95. The minimum Gasteiger partial charge on any atom is -0.490 e. The lowest BCUT2D eigenvalue weighted by atomic mass is 9.68. The Kier molecular flexibility index (Phi) is 7.71. The van der Waals surface area contributed by atoms with Crippen LogP contribution in [-0.2, 0) is 16.6 Å². The molecule has 1 amide bonds. The topological polar surface area (TPSA) is 74.3 Å². The van der Waals surface area contributed by atoms with Crippen molar-refractivity contribution in [2.45, 2.75) is 56.1 Å². The van der Waals surface area contributed by atoms with Crippen LogP contribution in [0.5, 0.6) is 5.75 Å². The van der Waals surface area contributed by atoms with Gasteiger partial charge < -0.3 is 19.5 Å². The average molecular weight is 596 g/mol. The minimum atomic E-state index is -0.465. The highest BCUT2D eigenvalue weighted by atomic mass is 35.5. The monoisotopic (exact) mass is 595 g/mol. The number of hydrogen-bond donors (Lipinski definition) is 2. The predicted molar refractivity (Wildman–Crippen MR) is 163 cm³/mol. The molecule has 3 aliphatic heterocycles. The van der Waals surface area contributed by atoms with Crippen molar-refractivity contribution in [2.75, 3.05) is 44.4 Å². The van der Waals surface area contributed by atoms with E-state index < -0.39 is 6.10 Å². The van der Waals surface area contributed by atoms with Gasteiger partial charge in [0.15, 0.2) is 0 Å². The summed E-state index contributed by atoms with van der Waals surface area (Å²) in [5.41, 5.74) is 4.06. The zero-order valence-corrected chi connectivity index (χ0v) is 24.8. The molecule has 9 heteroatoms. The normalized spacial score (nSPS) is 32.8. The SMILES string of the molecule is O=C1NSN2CCOC[C@H]2C/C=C\[C@H](O)[C@@H]2CC[C@H]2CN2C[C@@]3(CCCc4cc(Cl)ccc43)COc3ccc1cc32. The third-order valence-corrected chi connectivity index (χ3v) is 11.1. The summed E-state index contributed by atoms with van der Waals surface area (Å²) in [6.45, 7) is 4.19. The van der Waals surface area contributed by atoms with Gasteiger partial charge in [0.05, 0.1) is 31.6 Å². The van der Waals surface area contributed by atoms with Crippen LogP contribution in [0.4, 0.5) is 5.69 Å². The van der Waals surface area contributed by atoms with Gasteiger partial charge in [0, 0.05) is 53.8 Å². The lowest BCUT2D eigenvalue weighted by Gasteiger charge is -2.45. The van der Waals surface area contributed by atoms with Crippen LogP contribution in [0.2, 0.25) is 5.02 Å². The summed E-state index contributed by atoms with van der Waals surface area (Å²) in [5, 5.41) is 12.0. The summed E-state index contributed by atoms with van der Waals surface area (Å²) < 4.78 is 17.6. The van der Waals surface area contributed by atoms with Crippen molar-refractivity contribution < 1.29 is 19.4 Å². The molecule has 2 fully saturated rings. The number of aliphatic hydroxyl groups is 1. The summed E-state index contributed by atoms with van der Waals surface area (Å²) in [4.78, 5) is 15.9. The lowest BCUT2D eigenvalue weighted by Crippen LogP contribution is -2.49. The maximum Gasteiger partial charge on any atom is 0.262 e. The Morgan fingerprint density at radius 3 is 2.98 bits per heavy atom. The Balaban J connectivity index is 1.25. The summed E-state index contributed by atoms with van der Waals surface area (Å²) >= 11 is 7.76. The fourth-order valence-corrected chi connectivity index (χ4v) is 8.41. The summed E-state index contributed by atoms with van der Waals surface area (Å²) in [6.07, 6.45) is 9.65. The number of aliphatic hydroxyl groups excluding tert-OH is 1. The van der Waals surface area contributed by atoms with Gasteiger partial charge in [0.25, 0.3) is 5.91 Å². The molecule has 2 aromatic rings. The second kappa shape index (κ2) is 11.5. The molecule has 7 nitrogen and oxygen atoms in total. The van der Waals surface area contributed by atoms with Crippen LogP contribution in [0, 0.1) is 11.8 Å². The first-order valence-electron chi connectivity index (χ1n) is 15.0. The van der Waals surface area contributed by atoms with E-state index in [0.29, 0.717) is 31.3 Å². The van der Waals surface area contributed by atoms with Gasteiger partial charge in [-0.15, -0.1) is 0 Å². The van der Waals surface area contributed by atoms with Crippen LogP contribution in [0.3, 0.4) is 0 Å². The van der Waals surface area contributed by atoms with Crippen LogP contribution in [0.25, 0.3) is 0 Å². The molecule has 41 heavy (non-hydrogen) atoms. The Morgan fingerprint density at radius 2 is 2.10 bits per heavy atom. The molecule has 1 spiro atoms. The molecule has 3 heterocycles. The number of aryl methyl sites for hydroxylation is 1. The molecule has 2 aliphatic carbocycles. The Hall–Kier alpha value is -2.23. The van der Waals surface area contributed by atoms with E-state index in [9.17, 15) is 9.90 Å². The van der Waals surface area contributed by atoms with Gasteiger partial charge in [-0.1, -0.05) is 29.8 Å². The summed E-state index contributed by atoms with van der Waals surface area (Å²) in [6, 6.07) is 12.3. The van der Waals surface area contributed by atoms with E-state index in [1.165, 1.54) is 23.3 Å². The molecule has 2 aromatic carbocycles. The largest absolute Gasteiger partial charge is 0.490 e. The maximum absolute atomic E-state index is 13.4. The molecule has 5 atom stereocenters. The van der Waals surface area contributed by atoms with Crippen molar-refractivity contribution in [2.24, 2.45) is 11.8 Å². The fourth-order valence-electron chi connectivity index (χ4n) is 7.43. The van der Waals surface area contributed by atoms with Gasteiger partial charge in [0.1, 0.15) is 5.75 Å². The average Bonchev–Trinajstić information content (AvgIpc) is 3.11. The molecule has 0 unspecified atom stereocenters. The van der Waals surface area contributed by atoms with E-state index in [-0.39, 0.29) is 23.3 Å². The van der Waals surface area contributed by atoms with Crippen molar-refractivity contribution in [1.82, 2.24) is 9.03 Å². The smallest absolute Gasteiger partial charge is 0.262 e. The van der Waals surface area contributed by atoms with Gasteiger partial charge in [0.2, 0.25) is 0 Å². The first kappa shape index (κ1) is 27.6. The van der Waals surface area contributed by atoms with Gasteiger partial charge in [-0.25, -0.2) is 4.31 Å². The van der Waals surface area contributed by atoms with E-state index in [0.717, 1.165) is 74.6 Å². The van der Waals surface area contributed by atoms with Gasteiger partial charge in [-0.3, -0.25) is 9.52 Å². The minimum absolute atomic E-state index is 0.112. The van der Waals surface area contributed by atoms with Crippen molar-refractivity contribution in [3.05, 3.63) is 70.3 Å². The molecule has 218 valence electrons. The number of hydrogen-bond acceptors (Lipinski definition) is 7. The molecule has 5 aliphatic rings. The van der Waals surface area contributed by atoms with Crippen molar-refractivity contribution >= 4 is 35.3 Å². The predicted octanol–water partition coefficient (Wildman–Crippen LogP) is 5.15. The number of fused-ring (bicyclic) bond motifs is 5. The van der Waals surface area contributed by atoms with E-state index in [1.807, 2.05) is 30.3 Å². The number of halogens is 1. The molecular weight excluding hydrogens is 558 g/mol. The van der Waals surface area contributed by atoms with Crippen LogP contribution in [-0.4, -0.2) is 66.9 Å². The molecule has 2 N–H and O–H groups in total. The number of nitrogens with one attached hydrogen (secondary N) is 1. The highest BCUT2D eigenvalue weighted by Gasteiger charge is 2.44. The molecule has 0 aromatic heterocycles. The van der Waals surface area contributed by atoms with Crippen LogP contribution >= 0.6 is 23.7 Å². The van der Waals surface area contributed by atoms with Crippen LogP contribution in [0.1, 0.15) is 53.6 Å². The fraction of sp³-hybridized carbons (Fsp3) is 0.531. The van der Waals surface area contributed by atoms with E-state index >= 15 is 0 Å². The van der Waals surface area contributed by atoms with Gasteiger partial charge >= 0.3 is 0 Å². The summed E-state index contributed by atoms with van der Waals surface area (Å²) in [5.74, 6) is 1.29. The second-order valence-electron chi connectivity index (χ2n) is 12.3.